The number of amides is 2. The van der Waals surface area contributed by atoms with Crippen LogP contribution in [0.2, 0.25) is 0 Å². The molecule has 0 aliphatic heterocycles. The minimum atomic E-state index is -0.747. The van der Waals surface area contributed by atoms with Crippen molar-refractivity contribution in [3.8, 4) is 0 Å². The lowest BCUT2D eigenvalue weighted by Crippen LogP contribution is -2.47. The Balaban J connectivity index is 1.58. The third-order valence-corrected chi connectivity index (χ3v) is 4.92. The van der Waals surface area contributed by atoms with Gasteiger partial charge in [-0.1, -0.05) is 44.2 Å². The number of nitrogens with one attached hydrogen (secondary N) is 2. The van der Waals surface area contributed by atoms with Crippen LogP contribution in [0, 0.1) is 5.92 Å². The van der Waals surface area contributed by atoms with Gasteiger partial charge < -0.3 is 15.4 Å². The molecule has 7 heteroatoms. The van der Waals surface area contributed by atoms with Gasteiger partial charge in [-0.25, -0.2) is 14.6 Å². The van der Waals surface area contributed by atoms with Crippen LogP contribution >= 0.6 is 11.3 Å². The minimum Gasteiger partial charge on any atom is -0.457 e. The van der Waals surface area contributed by atoms with E-state index in [-0.39, 0.29) is 12.5 Å². The molecule has 27 heavy (non-hydrogen) atoms. The first-order valence-electron chi connectivity index (χ1n) is 8.66. The molecular formula is C20H21N3O3S. The summed E-state index contributed by atoms with van der Waals surface area (Å²) in [5.74, 6) is -0.596. The highest BCUT2D eigenvalue weighted by molar-refractivity contribution is 7.18. The molecule has 0 aliphatic carbocycles. The van der Waals surface area contributed by atoms with Gasteiger partial charge in [-0.15, -0.1) is 11.3 Å². The Kier molecular flexibility index (Phi) is 6.03. The lowest BCUT2D eigenvalue weighted by atomic mass is 10.1. The fraction of sp³-hybridized carbons (Fsp3) is 0.250. The van der Waals surface area contributed by atoms with E-state index in [1.807, 2.05) is 56.3 Å². The number of carbonyl (C=O) groups excluding carboxylic acids is 2. The number of aromatic nitrogens is 1. The molecule has 1 heterocycles. The first-order chi connectivity index (χ1) is 13.0. The first kappa shape index (κ1) is 18.8. The van der Waals surface area contributed by atoms with E-state index in [0.29, 0.717) is 5.69 Å². The predicted molar refractivity (Wildman–Crippen MR) is 107 cm³/mol. The Morgan fingerprint density at radius 3 is 2.48 bits per heavy atom. The highest BCUT2D eigenvalue weighted by Crippen LogP contribution is 2.22. The van der Waals surface area contributed by atoms with Gasteiger partial charge in [-0.2, -0.15) is 0 Å². The van der Waals surface area contributed by atoms with E-state index in [9.17, 15) is 9.59 Å². The second kappa shape index (κ2) is 8.64. The Bertz CT molecular complexity index is 891. The lowest BCUT2D eigenvalue weighted by Gasteiger charge is -2.20. The Morgan fingerprint density at radius 2 is 1.78 bits per heavy atom. The number of anilines is 1. The second-order valence-corrected chi connectivity index (χ2v) is 7.48. The molecule has 0 fully saturated rings. The molecule has 3 rings (SSSR count). The number of thiazole rings is 1. The summed E-state index contributed by atoms with van der Waals surface area (Å²) in [6.07, 6.45) is 0. The zero-order valence-corrected chi connectivity index (χ0v) is 16.0. The Labute approximate surface area is 161 Å². The van der Waals surface area contributed by atoms with Crippen LogP contribution in [0.25, 0.3) is 10.2 Å². The number of ether oxygens (including phenoxy) is 1. The number of esters is 1. The summed E-state index contributed by atoms with van der Waals surface area (Å²) < 4.78 is 6.44. The van der Waals surface area contributed by atoms with Crippen molar-refractivity contribution in [2.24, 2.45) is 5.92 Å². The molecule has 0 saturated carbocycles. The molecule has 3 aromatic rings. The largest absolute Gasteiger partial charge is 0.457 e. The number of nitrogens with zero attached hydrogens (tertiary/aromatic N) is 1. The van der Waals surface area contributed by atoms with Crippen LogP contribution in [-0.4, -0.2) is 23.0 Å². The number of hydrogen-bond acceptors (Lipinski definition) is 5. The molecule has 0 spiro atoms. The van der Waals surface area contributed by atoms with E-state index in [1.165, 1.54) is 11.3 Å². The maximum Gasteiger partial charge on any atom is 0.329 e. The monoisotopic (exact) mass is 383 g/mol. The fourth-order valence-electron chi connectivity index (χ4n) is 2.53. The number of rotatable bonds is 6. The smallest absolute Gasteiger partial charge is 0.329 e. The third kappa shape index (κ3) is 5.04. The molecule has 0 aliphatic rings. The second-order valence-electron chi connectivity index (χ2n) is 6.37. The van der Waals surface area contributed by atoms with Crippen molar-refractivity contribution in [1.29, 1.82) is 0 Å². The average Bonchev–Trinajstić information content (AvgIpc) is 3.08. The van der Waals surface area contributed by atoms with Crippen LogP contribution < -0.4 is 10.6 Å². The van der Waals surface area contributed by atoms with Gasteiger partial charge in [-0.05, 0) is 30.2 Å². The summed E-state index contributed by atoms with van der Waals surface area (Å²) in [4.78, 5) is 29.1. The normalized spacial score (nSPS) is 12.0. The molecule has 1 atom stereocenters. The summed E-state index contributed by atoms with van der Waals surface area (Å²) in [7, 11) is 0. The lowest BCUT2D eigenvalue weighted by molar-refractivity contribution is -0.148. The number of para-hydroxylation sites is 2. The van der Waals surface area contributed by atoms with Gasteiger partial charge in [0.15, 0.2) is 0 Å². The molecular weight excluding hydrogens is 362 g/mol. The summed E-state index contributed by atoms with van der Waals surface area (Å²) in [5, 5.41) is 6.11. The molecule has 0 radical (unpaired) electrons. The highest BCUT2D eigenvalue weighted by Gasteiger charge is 2.26. The van der Waals surface area contributed by atoms with Crippen molar-refractivity contribution < 1.29 is 14.3 Å². The standard InChI is InChI=1S/C20H21N3O3S/c1-13(2)18(23-20(25)21-14-8-4-3-5-9-14)19(24)26-12-17-22-15-10-6-7-11-16(15)27-17/h3-11,13,18H,12H2,1-2H3,(H2,21,23,25)/t18-/m1/s1. The van der Waals surface area contributed by atoms with E-state index in [4.69, 9.17) is 4.74 Å². The molecule has 0 saturated heterocycles. The average molecular weight is 383 g/mol. The molecule has 0 unspecified atom stereocenters. The van der Waals surface area contributed by atoms with Gasteiger partial charge in [0.2, 0.25) is 0 Å². The summed E-state index contributed by atoms with van der Waals surface area (Å²) in [5.41, 5.74) is 1.54. The maximum absolute atomic E-state index is 12.5. The van der Waals surface area contributed by atoms with Gasteiger partial charge in [0.1, 0.15) is 17.7 Å². The van der Waals surface area contributed by atoms with Crippen LogP contribution in [0.3, 0.4) is 0 Å². The van der Waals surface area contributed by atoms with Crippen molar-refractivity contribution >= 4 is 39.2 Å². The van der Waals surface area contributed by atoms with E-state index in [1.54, 1.807) is 12.1 Å². The fourth-order valence-corrected chi connectivity index (χ4v) is 3.41. The van der Waals surface area contributed by atoms with E-state index < -0.39 is 18.0 Å². The van der Waals surface area contributed by atoms with Crippen LogP contribution in [0.5, 0.6) is 0 Å². The number of benzene rings is 2. The van der Waals surface area contributed by atoms with Crippen LogP contribution in [0.1, 0.15) is 18.9 Å². The number of urea groups is 1. The first-order valence-corrected chi connectivity index (χ1v) is 9.48. The van der Waals surface area contributed by atoms with Crippen molar-refractivity contribution in [3.63, 3.8) is 0 Å². The molecule has 6 nitrogen and oxygen atoms in total. The van der Waals surface area contributed by atoms with Gasteiger partial charge in [0.05, 0.1) is 10.2 Å². The molecule has 0 bridgehead atoms. The van der Waals surface area contributed by atoms with E-state index >= 15 is 0 Å². The predicted octanol–water partition coefficient (Wildman–Crippen LogP) is 4.19. The van der Waals surface area contributed by atoms with Gasteiger partial charge in [-0.3, -0.25) is 0 Å². The number of hydrogen-bond donors (Lipinski definition) is 2. The SMILES string of the molecule is CC(C)[C@@H](NC(=O)Nc1ccccc1)C(=O)OCc1nc2ccccc2s1. The topological polar surface area (TPSA) is 80.3 Å². The summed E-state index contributed by atoms with van der Waals surface area (Å²) in [6, 6.07) is 15.6. The number of fused-ring (bicyclic) bond motifs is 1. The van der Waals surface area contributed by atoms with Crippen molar-refractivity contribution in [3.05, 3.63) is 59.6 Å². The molecule has 2 aromatic carbocycles. The maximum atomic E-state index is 12.5. The molecule has 1 aromatic heterocycles. The molecule has 140 valence electrons. The van der Waals surface area contributed by atoms with Crippen LogP contribution in [-0.2, 0) is 16.1 Å². The Morgan fingerprint density at radius 1 is 1.07 bits per heavy atom. The molecule has 2 N–H and O–H groups in total. The van der Waals surface area contributed by atoms with E-state index in [0.717, 1.165) is 15.2 Å². The van der Waals surface area contributed by atoms with E-state index in [2.05, 4.69) is 15.6 Å². The summed E-state index contributed by atoms with van der Waals surface area (Å²) >= 11 is 1.49. The zero-order chi connectivity index (χ0) is 19.2. The minimum absolute atomic E-state index is 0.0867. The third-order valence-electron chi connectivity index (χ3n) is 3.91. The van der Waals surface area contributed by atoms with Gasteiger partial charge in [0, 0.05) is 5.69 Å². The van der Waals surface area contributed by atoms with Crippen molar-refractivity contribution in [2.75, 3.05) is 5.32 Å². The number of carbonyl (C=O) groups is 2. The van der Waals surface area contributed by atoms with Crippen molar-refractivity contribution in [1.82, 2.24) is 10.3 Å². The Hall–Kier alpha value is -2.93. The van der Waals surface area contributed by atoms with Gasteiger partial charge >= 0.3 is 12.0 Å². The zero-order valence-electron chi connectivity index (χ0n) is 15.1. The van der Waals surface area contributed by atoms with Crippen LogP contribution in [0.15, 0.2) is 54.6 Å². The quantitative estimate of drug-likeness (QED) is 0.626. The van der Waals surface area contributed by atoms with Crippen molar-refractivity contribution in [2.45, 2.75) is 26.5 Å². The molecule has 2 amide bonds. The van der Waals surface area contributed by atoms with Crippen LogP contribution in [0.4, 0.5) is 10.5 Å². The highest BCUT2D eigenvalue weighted by atomic mass is 32.1. The summed E-state index contributed by atoms with van der Waals surface area (Å²) in [6.45, 7) is 3.79. The van der Waals surface area contributed by atoms with Gasteiger partial charge in [0.25, 0.3) is 0 Å².